The molecule has 2 atom stereocenters. The summed E-state index contributed by atoms with van der Waals surface area (Å²) < 4.78 is 0. The molecule has 0 aromatic carbocycles. The fourth-order valence-corrected chi connectivity index (χ4v) is 2.87. The number of thiophene rings is 1. The second-order valence-corrected chi connectivity index (χ2v) is 7.04. The van der Waals surface area contributed by atoms with E-state index in [1.54, 1.807) is 25.2 Å². The number of carboxylic acid groups (broad SMARTS) is 1. The van der Waals surface area contributed by atoms with Crippen molar-refractivity contribution in [3.05, 3.63) is 21.9 Å². The van der Waals surface area contributed by atoms with E-state index in [9.17, 15) is 9.59 Å². The lowest BCUT2D eigenvalue weighted by Crippen LogP contribution is -2.47. The number of urea groups is 1. The first-order chi connectivity index (χ1) is 9.76. The Labute approximate surface area is 129 Å². The first kappa shape index (κ1) is 17.5. The molecule has 2 amide bonds. The lowest BCUT2D eigenvalue weighted by Gasteiger charge is -2.24. The number of amides is 2. The topological polar surface area (TPSA) is 78.4 Å². The van der Waals surface area contributed by atoms with Crippen molar-refractivity contribution < 1.29 is 14.7 Å². The van der Waals surface area contributed by atoms with Crippen molar-refractivity contribution in [3.8, 4) is 0 Å². The van der Waals surface area contributed by atoms with Gasteiger partial charge in [-0.25, -0.2) is 4.79 Å². The molecule has 0 fully saturated rings. The minimum Gasteiger partial charge on any atom is -0.481 e. The van der Waals surface area contributed by atoms with Crippen LogP contribution in [-0.4, -0.2) is 29.7 Å². The molecule has 0 bridgehead atoms. The van der Waals surface area contributed by atoms with Crippen molar-refractivity contribution in [2.24, 2.45) is 5.41 Å². The van der Waals surface area contributed by atoms with E-state index in [1.807, 2.05) is 6.92 Å². The smallest absolute Gasteiger partial charge is 0.315 e. The molecule has 5 nitrogen and oxygen atoms in total. The quantitative estimate of drug-likeness (QED) is 0.724. The number of hydrogen-bond acceptors (Lipinski definition) is 3. The molecule has 21 heavy (non-hydrogen) atoms. The van der Waals surface area contributed by atoms with Crippen LogP contribution in [-0.2, 0) is 11.2 Å². The Kier molecular flexibility index (Phi) is 6.20. The third-order valence-electron chi connectivity index (χ3n) is 3.62. The van der Waals surface area contributed by atoms with E-state index < -0.39 is 11.4 Å². The fourth-order valence-electron chi connectivity index (χ4n) is 1.85. The summed E-state index contributed by atoms with van der Waals surface area (Å²) in [5, 5.41) is 14.6. The third-order valence-corrected chi connectivity index (χ3v) is 4.64. The molecule has 6 heteroatoms. The van der Waals surface area contributed by atoms with Gasteiger partial charge in [-0.05, 0) is 39.3 Å². The van der Waals surface area contributed by atoms with Crippen LogP contribution in [0.2, 0.25) is 0 Å². The van der Waals surface area contributed by atoms with Gasteiger partial charge in [-0.15, -0.1) is 11.3 Å². The van der Waals surface area contributed by atoms with Gasteiger partial charge in [0.2, 0.25) is 0 Å². The molecule has 0 aliphatic heterocycles. The van der Waals surface area contributed by atoms with Crippen molar-refractivity contribution in [2.75, 3.05) is 6.54 Å². The van der Waals surface area contributed by atoms with Gasteiger partial charge >= 0.3 is 12.0 Å². The van der Waals surface area contributed by atoms with E-state index in [-0.39, 0.29) is 18.6 Å². The van der Waals surface area contributed by atoms with Crippen molar-refractivity contribution in [1.82, 2.24) is 10.6 Å². The maximum absolute atomic E-state index is 11.8. The fraction of sp³-hybridized carbons (Fsp3) is 0.600. The predicted molar refractivity (Wildman–Crippen MR) is 84.8 cm³/mol. The highest BCUT2D eigenvalue weighted by Crippen LogP contribution is 2.20. The summed E-state index contributed by atoms with van der Waals surface area (Å²) in [5.41, 5.74) is -0.925. The van der Waals surface area contributed by atoms with Gasteiger partial charge in [0.1, 0.15) is 0 Å². The van der Waals surface area contributed by atoms with Gasteiger partial charge in [0.05, 0.1) is 5.41 Å². The molecule has 118 valence electrons. The van der Waals surface area contributed by atoms with Crippen molar-refractivity contribution in [1.29, 1.82) is 0 Å². The molecule has 1 aromatic heterocycles. The molecule has 0 saturated heterocycles. The second-order valence-electron chi connectivity index (χ2n) is 5.66. The van der Waals surface area contributed by atoms with Crippen LogP contribution >= 0.6 is 11.3 Å². The molecule has 1 rings (SSSR count). The van der Waals surface area contributed by atoms with Crippen LogP contribution < -0.4 is 10.6 Å². The highest BCUT2D eigenvalue weighted by Gasteiger charge is 2.31. The number of carbonyl (C=O) groups is 2. The number of carbonyl (C=O) groups excluding carboxylic acids is 1. The number of nitrogens with one attached hydrogen (secondary N) is 2. The lowest BCUT2D eigenvalue weighted by atomic mass is 9.88. The minimum absolute atomic E-state index is 0.000704. The number of rotatable bonds is 7. The van der Waals surface area contributed by atoms with E-state index in [4.69, 9.17) is 5.11 Å². The first-order valence-electron chi connectivity index (χ1n) is 7.10. The molecule has 2 unspecified atom stereocenters. The zero-order valence-electron chi connectivity index (χ0n) is 13.0. The second kappa shape index (κ2) is 7.45. The van der Waals surface area contributed by atoms with E-state index >= 15 is 0 Å². The Morgan fingerprint density at radius 1 is 1.43 bits per heavy atom. The summed E-state index contributed by atoms with van der Waals surface area (Å²) in [6, 6.07) is 3.80. The Morgan fingerprint density at radius 3 is 2.57 bits per heavy atom. The molecular weight excluding hydrogens is 288 g/mol. The lowest BCUT2D eigenvalue weighted by molar-refractivity contribution is -0.147. The van der Waals surface area contributed by atoms with E-state index in [2.05, 4.69) is 29.7 Å². The Balaban J connectivity index is 2.41. The molecule has 0 saturated carbocycles. The number of aryl methyl sites for hydroxylation is 1. The van der Waals surface area contributed by atoms with Crippen LogP contribution in [0.1, 0.15) is 36.9 Å². The van der Waals surface area contributed by atoms with Gasteiger partial charge in [-0.3, -0.25) is 4.79 Å². The average molecular weight is 312 g/mol. The molecule has 3 N–H and O–H groups in total. The molecule has 1 heterocycles. The summed E-state index contributed by atoms with van der Waals surface area (Å²) in [6.45, 7) is 7.54. The van der Waals surface area contributed by atoms with Crippen molar-refractivity contribution in [2.45, 2.75) is 46.6 Å². The summed E-state index contributed by atoms with van der Waals surface area (Å²) >= 11 is 1.72. The Bertz CT molecular complexity index is 501. The average Bonchev–Trinajstić information content (AvgIpc) is 2.80. The van der Waals surface area contributed by atoms with Gasteiger partial charge in [0.15, 0.2) is 0 Å². The van der Waals surface area contributed by atoms with Gasteiger partial charge in [0.25, 0.3) is 0 Å². The number of hydrogen-bond donors (Lipinski definition) is 3. The zero-order chi connectivity index (χ0) is 16.0. The van der Waals surface area contributed by atoms with Gasteiger partial charge in [-0.2, -0.15) is 0 Å². The third kappa shape index (κ3) is 5.38. The number of aliphatic carboxylic acids is 1. The molecular formula is C15H24N2O3S. The Hall–Kier alpha value is -1.56. The zero-order valence-corrected chi connectivity index (χ0v) is 13.8. The molecule has 0 aliphatic rings. The summed E-state index contributed by atoms with van der Waals surface area (Å²) in [6.07, 6.45) is 1.24. The van der Waals surface area contributed by atoms with Crippen LogP contribution in [0.5, 0.6) is 0 Å². The maximum atomic E-state index is 11.8. The van der Waals surface area contributed by atoms with E-state index in [1.165, 1.54) is 9.75 Å². The van der Waals surface area contributed by atoms with Gasteiger partial charge in [0, 0.05) is 28.8 Å². The van der Waals surface area contributed by atoms with Crippen molar-refractivity contribution in [3.63, 3.8) is 0 Å². The van der Waals surface area contributed by atoms with Crippen LogP contribution in [0, 0.1) is 12.3 Å². The molecule has 0 aliphatic carbocycles. The summed E-state index contributed by atoms with van der Waals surface area (Å²) in [4.78, 5) is 25.5. The van der Waals surface area contributed by atoms with Crippen LogP contribution in [0.3, 0.4) is 0 Å². The van der Waals surface area contributed by atoms with E-state index in [0.717, 1.165) is 6.42 Å². The maximum Gasteiger partial charge on any atom is 0.315 e. The minimum atomic E-state index is -0.925. The van der Waals surface area contributed by atoms with Crippen LogP contribution in [0.4, 0.5) is 4.79 Å². The number of carboxylic acids is 1. The first-order valence-corrected chi connectivity index (χ1v) is 7.91. The Morgan fingerprint density at radius 2 is 2.10 bits per heavy atom. The van der Waals surface area contributed by atoms with Crippen LogP contribution in [0.25, 0.3) is 0 Å². The molecule has 0 spiro atoms. The standard InChI is InChI=1S/C15H24N2O3S/c1-5-15(4,13(18)19)9-16-14(20)17-10(2)8-12-7-6-11(3)21-12/h6-7,10H,5,8-9H2,1-4H3,(H,18,19)(H2,16,17,20). The highest BCUT2D eigenvalue weighted by atomic mass is 32.1. The summed E-state index contributed by atoms with van der Waals surface area (Å²) in [5.74, 6) is -0.896. The SMILES string of the molecule is CCC(C)(CNC(=O)NC(C)Cc1ccc(C)s1)C(=O)O. The largest absolute Gasteiger partial charge is 0.481 e. The molecule has 1 aromatic rings. The van der Waals surface area contributed by atoms with Gasteiger partial charge in [-0.1, -0.05) is 6.92 Å². The monoisotopic (exact) mass is 312 g/mol. The van der Waals surface area contributed by atoms with Gasteiger partial charge < -0.3 is 15.7 Å². The van der Waals surface area contributed by atoms with E-state index in [0.29, 0.717) is 6.42 Å². The summed E-state index contributed by atoms with van der Waals surface area (Å²) in [7, 11) is 0. The normalized spacial score (nSPS) is 15.0. The predicted octanol–water partition coefficient (Wildman–Crippen LogP) is 2.79. The van der Waals surface area contributed by atoms with Crippen molar-refractivity contribution >= 4 is 23.3 Å². The van der Waals surface area contributed by atoms with Crippen LogP contribution in [0.15, 0.2) is 12.1 Å². The molecule has 0 radical (unpaired) electrons. The highest BCUT2D eigenvalue weighted by molar-refractivity contribution is 7.11.